The number of halogens is 1. The van der Waals surface area contributed by atoms with Crippen molar-refractivity contribution in [1.82, 2.24) is 10.3 Å². The molecule has 20 heavy (non-hydrogen) atoms. The van der Waals surface area contributed by atoms with Crippen LogP contribution in [0.2, 0.25) is 0 Å². The number of pyridine rings is 1. The SMILES string of the molecule is CCCNC(CCc1ccccc1)c1ccc(F)cn1. The van der Waals surface area contributed by atoms with E-state index in [2.05, 4.69) is 41.5 Å². The van der Waals surface area contributed by atoms with Gasteiger partial charge in [-0.15, -0.1) is 0 Å². The van der Waals surface area contributed by atoms with Crippen LogP contribution < -0.4 is 5.32 Å². The van der Waals surface area contributed by atoms with E-state index >= 15 is 0 Å². The van der Waals surface area contributed by atoms with Crippen LogP contribution in [0.5, 0.6) is 0 Å². The Morgan fingerprint density at radius 3 is 2.60 bits per heavy atom. The van der Waals surface area contributed by atoms with E-state index in [1.165, 1.54) is 17.8 Å². The van der Waals surface area contributed by atoms with E-state index in [1.807, 2.05) is 6.07 Å². The Labute approximate surface area is 120 Å². The van der Waals surface area contributed by atoms with Gasteiger partial charge in [0.15, 0.2) is 0 Å². The highest BCUT2D eigenvalue weighted by Crippen LogP contribution is 2.17. The average molecular weight is 272 g/mol. The molecule has 0 spiro atoms. The highest BCUT2D eigenvalue weighted by atomic mass is 19.1. The van der Waals surface area contributed by atoms with Crippen molar-refractivity contribution in [3.63, 3.8) is 0 Å². The van der Waals surface area contributed by atoms with Crippen molar-refractivity contribution < 1.29 is 4.39 Å². The highest BCUT2D eigenvalue weighted by molar-refractivity contribution is 5.16. The standard InChI is InChI=1S/C17H21FN2/c1-2-12-19-16(17-11-9-15(18)13-20-17)10-8-14-6-4-3-5-7-14/h3-7,9,11,13,16,19H,2,8,10,12H2,1H3. The van der Waals surface area contributed by atoms with E-state index in [1.54, 1.807) is 6.07 Å². The van der Waals surface area contributed by atoms with Crippen LogP contribution in [0.1, 0.15) is 37.1 Å². The molecule has 2 aromatic rings. The van der Waals surface area contributed by atoms with Crippen LogP contribution in [0.3, 0.4) is 0 Å². The zero-order chi connectivity index (χ0) is 14.2. The summed E-state index contributed by atoms with van der Waals surface area (Å²) >= 11 is 0. The predicted octanol–water partition coefficient (Wildman–Crippen LogP) is 3.89. The molecule has 1 aromatic heterocycles. The summed E-state index contributed by atoms with van der Waals surface area (Å²) in [6.07, 6.45) is 4.31. The minimum atomic E-state index is -0.286. The minimum Gasteiger partial charge on any atom is -0.309 e. The molecule has 1 atom stereocenters. The molecule has 0 amide bonds. The first-order valence-electron chi connectivity index (χ1n) is 7.18. The molecular weight excluding hydrogens is 251 g/mol. The first-order valence-corrected chi connectivity index (χ1v) is 7.18. The van der Waals surface area contributed by atoms with Crippen LogP contribution in [0.15, 0.2) is 48.7 Å². The summed E-state index contributed by atoms with van der Waals surface area (Å²) in [7, 11) is 0. The van der Waals surface area contributed by atoms with Gasteiger partial charge in [-0.3, -0.25) is 4.98 Å². The van der Waals surface area contributed by atoms with Gasteiger partial charge >= 0.3 is 0 Å². The van der Waals surface area contributed by atoms with E-state index in [4.69, 9.17) is 0 Å². The van der Waals surface area contributed by atoms with Crippen molar-refractivity contribution in [2.24, 2.45) is 0 Å². The lowest BCUT2D eigenvalue weighted by Crippen LogP contribution is -2.23. The van der Waals surface area contributed by atoms with Gasteiger partial charge in [-0.25, -0.2) is 4.39 Å². The van der Waals surface area contributed by atoms with E-state index < -0.39 is 0 Å². The third-order valence-electron chi connectivity index (χ3n) is 3.31. The Morgan fingerprint density at radius 2 is 1.95 bits per heavy atom. The molecule has 1 N–H and O–H groups in total. The van der Waals surface area contributed by atoms with E-state index in [9.17, 15) is 4.39 Å². The first-order chi connectivity index (χ1) is 9.79. The zero-order valence-electron chi connectivity index (χ0n) is 11.8. The lowest BCUT2D eigenvalue weighted by Gasteiger charge is -2.18. The molecular formula is C17H21FN2. The van der Waals surface area contributed by atoms with Gasteiger partial charge in [0.25, 0.3) is 0 Å². The van der Waals surface area contributed by atoms with Crippen molar-refractivity contribution in [2.75, 3.05) is 6.54 Å². The van der Waals surface area contributed by atoms with Crippen LogP contribution in [-0.2, 0) is 6.42 Å². The maximum atomic E-state index is 13.0. The van der Waals surface area contributed by atoms with Gasteiger partial charge in [0.2, 0.25) is 0 Å². The molecule has 0 aliphatic rings. The fourth-order valence-corrected chi connectivity index (χ4v) is 2.22. The van der Waals surface area contributed by atoms with Gasteiger partial charge < -0.3 is 5.32 Å². The van der Waals surface area contributed by atoms with E-state index in [0.29, 0.717) is 0 Å². The third kappa shape index (κ3) is 4.42. The number of nitrogens with one attached hydrogen (secondary N) is 1. The van der Waals surface area contributed by atoms with Crippen molar-refractivity contribution in [1.29, 1.82) is 0 Å². The number of rotatable bonds is 7. The van der Waals surface area contributed by atoms with E-state index in [-0.39, 0.29) is 11.9 Å². The number of aryl methyl sites for hydroxylation is 1. The van der Waals surface area contributed by atoms with Crippen LogP contribution in [0.4, 0.5) is 4.39 Å². The minimum absolute atomic E-state index is 0.177. The molecule has 106 valence electrons. The summed E-state index contributed by atoms with van der Waals surface area (Å²) in [6, 6.07) is 13.8. The van der Waals surface area contributed by atoms with Gasteiger partial charge in [-0.05, 0) is 43.5 Å². The molecule has 1 aromatic carbocycles. The molecule has 1 heterocycles. The smallest absolute Gasteiger partial charge is 0.141 e. The Bertz CT molecular complexity index is 496. The Balaban J connectivity index is 2.01. The predicted molar refractivity (Wildman–Crippen MR) is 80.0 cm³/mol. The molecule has 1 unspecified atom stereocenters. The molecule has 0 saturated carbocycles. The highest BCUT2D eigenvalue weighted by Gasteiger charge is 2.12. The second-order valence-corrected chi connectivity index (χ2v) is 4.93. The number of nitrogens with zero attached hydrogens (tertiary/aromatic N) is 1. The van der Waals surface area contributed by atoms with Crippen molar-refractivity contribution in [3.05, 3.63) is 65.7 Å². The molecule has 0 radical (unpaired) electrons. The monoisotopic (exact) mass is 272 g/mol. The maximum absolute atomic E-state index is 13.0. The summed E-state index contributed by atoms with van der Waals surface area (Å²) in [5, 5.41) is 3.49. The normalized spacial score (nSPS) is 12.3. The summed E-state index contributed by atoms with van der Waals surface area (Å²) in [6.45, 7) is 3.08. The van der Waals surface area contributed by atoms with E-state index in [0.717, 1.165) is 31.5 Å². The number of benzene rings is 1. The lowest BCUT2D eigenvalue weighted by molar-refractivity contribution is 0.486. The number of hydrogen-bond acceptors (Lipinski definition) is 2. The Hall–Kier alpha value is -1.74. The fraction of sp³-hybridized carbons (Fsp3) is 0.353. The molecule has 0 bridgehead atoms. The van der Waals surface area contributed by atoms with Gasteiger partial charge in [0.1, 0.15) is 5.82 Å². The van der Waals surface area contributed by atoms with Crippen LogP contribution in [-0.4, -0.2) is 11.5 Å². The number of hydrogen-bond donors (Lipinski definition) is 1. The quantitative estimate of drug-likeness (QED) is 0.827. The van der Waals surface area contributed by atoms with Gasteiger partial charge in [0, 0.05) is 6.04 Å². The lowest BCUT2D eigenvalue weighted by atomic mass is 10.0. The molecule has 2 nitrogen and oxygen atoms in total. The van der Waals surface area contributed by atoms with Gasteiger partial charge in [0.05, 0.1) is 11.9 Å². The number of aromatic nitrogens is 1. The summed E-state index contributed by atoms with van der Waals surface area (Å²) in [5.41, 5.74) is 2.23. The molecule has 0 fully saturated rings. The molecule has 0 aliphatic heterocycles. The second kappa shape index (κ2) is 7.75. The third-order valence-corrected chi connectivity index (χ3v) is 3.31. The average Bonchev–Trinajstić information content (AvgIpc) is 2.50. The summed E-state index contributed by atoms with van der Waals surface area (Å²) in [4.78, 5) is 4.21. The van der Waals surface area contributed by atoms with Gasteiger partial charge in [-0.2, -0.15) is 0 Å². The summed E-state index contributed by atoms with van der Waals surface area (Å²) < 4.78 is 13.0. The molecule has 0 aliphatic carbocycles. The Kier molecular flexibility index (Phi) is 5.69. The molecule has 2 rings (SSSR count). The first kappa shape index (κ1) is 14.7. The van der Waals surface area contributed by atoms with Crippen molar-refractivity contribution in [3.8, 4) is 0 Å². The van der Waals surface area contributed by atoms with Crippen molar-refractivity contribution in [2.45, 2.75) is 32.2 Å². The summed E-state index contributed by atoms with van der Waals surface area (Å²) in [5.74, 6) is -0.286. The molecule has 3 heteroatoms. The Morgan fingerprint density at radius 1 is 1.15 bits per heavy atom. The molecule has 0 saturated heterocycles. The second-order valence-electron chi connectivity index (χ2n) is 4.93. The van der Waals surface area contributed by atoms with Crippen molar-refractivity contribution >= 4 is 0 Å². The van der Waals surface area contributed by atoms with Crippen LogP contribution in [0.25, 0.3) is 0 Å². The topological polar surface area (TPSA) is 24.9 Å². The largest absolute Gasteiger partial charge is 0.309 e. The van der Waals surface area contributed by atoms with Crippen LogP contribution in [0, 0.1) is 5.82 Å². The fourth-order valence-electron chi connectivity index (χ4n) is 2.22. The van der Waals surface area contributed by atoms with Crippen LogP contribution >= 0.6 is 0 Å². The zero-order valence-corrected chi connectivity index (χ0v) is 11.8. The van der Waals surface area contributed by atoms with Gasteiger partial charge in [-0.1, -0.05) is 37.3 Å². The maximum Gasteiger partial charge on any atom is 0.141 e.